The Morgan fingerprint density at radius 1 is 1.12 bits per heavy atom. The van der Waals surface area contributed by atoms with Crippen molar-refractivity contribution in [2.45, 2.75) is 0 Å². The average Bonchev–Trinajstić information content (AvgIpc) is 2.59. The lowest BCUT2D eigenvalue weighted by Gasteiger charge is -2.30. The first kappa shape index (κ1) is 14.8. The predicted molar refractivity (Wildman–Crippen MR) is 89.2 cm³/mol. The van der Waals surface area contributed by atoms with Gasteiger partial charge in [0, 0.05) is 16.7 Å². The minimum atomic E-state index is -0.238. The molecule has 4 rings (SSSR count). The minimum absolute atomic E-state index is 0.0160. The zero-order chi connectivity index (χ0) is 16.7. The van der Waals surface area contributed by atoms with Gasteiger partial charge in [0.1, 0.15) is 18.1 Å². The van der Waals surface area contributed by atoms with E-state index in [9.17, 15) is 9.59 Å². The molecule has 122 valence electrons. The number of amides is 2. The molecule has 2 amide bonds. The summed E-state index contributed by atoms with van der Waals surface area (Å²) in [5, 5.41) is 3.26. The summed E-state index contributed by atoms with van der Waals surface area (Å²) in [6.45, 7) is 0.815. The summed E-state index contributed by atoms with van der Waals surface area (Å²) in [4.78, 5) is 26.0. The van der Waals surface area contributed by atoms with Crippen molar-refractivity contribution in [1.82, 2.24) is 0 Å². The lowest BCUT2D eigenvalue weighted by atomic mass is 10.1. The van der Waals surface area contributed by atoms with Gasteiger partial charge in [0.05, 0.1) is 17.9 Å². The molecule has 0 atom stereocenters. The van der Waals surface area contributed by atoms with Crippen LogP contribution in [0.4, 0.5) is 11.4 Å². The van der Waals surface area contributed by atoms with Crippen LogP contribution in [0, 0.1) is 0 Å². The Morgan fingerprint density at radius 2 is 2.00 bits per heavy atom. The van der Waals surface area contributed by atoms with Gasteiger partial charge in [0.25, 0.3) is 11.8 Å². The third-order valence-electron chi connectivity index (χ3n) is 3.89. The maximum Gasteiger partial charge on any atom is 0.262 e. The summed E-state index contributed by atoms with van der Waals surface area (Å²) in [7, 11) is 0. The van der Waals surface area contributed by atoms with Gasteiger partial charge in [-0.05, 0) is 30.3 Å². The Hall–Kier alpha value is -2.73. The zero-order valence-electron chi connectivity index (χ0n) is 12.5. The number of hydrogen-bond donors (Lipinski definition) is 1. The number of carbonyl (C=O) groups is 2. The Balaban J connectivity index is 1.68. The zero-order valence-corrected chi connectivity index (χ0v) is 13.3. The largest absolute Gasteiger partial charge is 0.489 e. The molecule has 7 heteroatoms. The van der Waals surface area contributed by atoms with Gasteiger partial charge in [0.2, 0.25) is 0 Å². The number of fused-ring (bicyclic) bond motifs is 2. The fraction of sp³-hybridized carbons (Fsp3) is 0.176. The molecular formula is C17H13ClN2O4. The highest BCUT2D eigenvalue weighted by Gasteiger charge is 2.26. The number of benzene rings is 2. The van der Waals surface area contributed by atoms with Crippen molar-refractivity contribution in [3.05, 3.63) is 47.0 Å². The normalized spacial score (nSPS) is 15.5. The molecule has 0 aromatic heterocycles. The highest BCUT2D eigenvalue weighted by atomic mass is 35.5. The van der Waals surface area contributed by atoms with Gasteiger partial charge < -0.3 is 19.7 Å². The van der Waals surface area contributed by atoms with E-state index in [4.69, 9.17) is 21.1 Å². The van der Waals surface area contributed by atoms with Crippen LogP contribution in [0.2, 0.25) is 5.02 Å². The molecule has 0 saturated carbocycles. The van der Waals surface area contributed by atoms with E-state index >= 15 is 0 Å². The van der Waals surface area contributed by atoms with Crippen molar-refractivity contribution in [3.8, 4) is 11.5 Å². The highest BCUT2D eigenvalue weighted by molar-refractivity contribution is 6.30. The van der Waals surface area contributed by atoms with Gasteiger partial charge in [-0.15, -0.1) is 0 Å². The van der Waals surface area contributed by atoms with Crippen molar-refractivity contribution < 1.29 is 19.1 Å². The topological polar surface area (TPSA) is 67.9 Å². The van der Waals surface area contributed by atoms with Crippen molar-refractivity contribution >= 4 is 34.8 Å². The van der Waals surface area contributed by atoms with E-state index in [1.165, 1.54) is 0 Å². The van der Waals surface area contributed by atoms with E-state index in [1.807, 2.05) is 0 Å². The van der Waals surface area contributed by atoms with Crippen LogP contribution >= 0.6 is 11.6 Å². The number of carbonyl (C=O) groups excluding carboxylic acids is 2. The van der Waals surface area contributed by atoms with E-state index in [-0.39, 0.29) is 18.4 Å². The maximum atomic E-state index is 12.9. The van der Waals surface area contributed by atoms with Crippen LogP contribution in [-0.2, 0) is 4.79 Å². The first-order valence-electron chi connectivity index (χ1n) is 7.43. The van der Waals surface area contributed by atoms with Gasteiger partial charge in [-0.1, -0.05) is 11.6 Å². The van der Waals surface area contributed by atoms with Crippen LogP contribution in [0.3, 0.4) is 0 Å². The summed E-state index contributed by atoms with van der Waals surface area (Å²) in [6, 6.07) is 10.2. The number of nitrogens with one attached hydrogen (secondary N) is 1. The van der Waals surface area contributed by atoms with Gasteiger partial charge in [0.15, 0.2) is 6.61 Å². The quantitative estimate of drug-likeness (QED) is 0.863. The third kappa shape index (κ3) is 2.55. The summed E-state index contributed by atoms with van der Waals surface area (Å²) in [6.07, 6.45) is 0. The molecule has 24 heavy (non-hydrogen) atoms. The smallest absolute Gasteiger partial charge is 0.262 e. The third-order valence-corrected chi connectivity index (χ3v) is 4.12. The van der Waals surface area contributed by atoms with Gasteiger partial charge in [-0.2, -0.15) is 0 Å². The van der Waals surface area contributed by atoms with Crippen molar-refractivity contribution in [3.63, 3.8) is 0 Å². The Morgan fingerprint density at radius 3 is 2.88 bits per heavy atom. The molecule has 0 aliphatic carbocycles. The molecule has 6 nitrogen and oxygen atoms in total. The van der Waals surface area contributed by atoms with Crippen LogP contribution in [0.5, 0.6) is 11.5 Å². The van der Waals surface area contributed by atoms with E-state index in [0.717, 1.165) is 0 Å². The second-order valence-electron chi connectivity index (χ2n) is 5.47. The number of anilines is 2. The van der Waals surface area contributed by atoms with Gasteiger partial charge >= 0.3 is 0 Å². The lowest BCUT2D eigenvalue weighted by molar-refractivity contribution is -0.118. The number of rotatable bonds is 1. The van der Waals surface area contributed by atoms with Crippen LogP contribution in [0.25, 0.3) is 0 Å². The van der Waals surface area contributed by atoms with Crippen molar-refractivity contribution in [1.29, 1.82) is 0 Å². The molecule has 2 aliphatic heterocycles. The van der Waals surface area contributed by atoms with Crippen LogP contribution < -0.4 is 19.7 Å². The predicted octanol–water partition coefficient (Wildman–Crippen LogP) is 2.71. The molecule has 2 aromatic rings. The molecule has 0 fully saturated rings. The van der Waals surface area contributed by atoms with E-state index in [1.54, 1.807) is 41.3 Å². The number of nitrogens with zero attached hydrogens (tertiary/aromatic N) is 1. The first-order chi connectivity index (χ1) is 11.6. The van der Waals surface area contributed by atoms with Crippen LogP contribution in [0.15, 0.2) is 36.4 Å². The lowest BCUT2D eigenvalue weighted by Crippen LogP contribution is -2.38. The first-order valence-corrected chi connectivity index (χ1v) is 7.80. The fourth-order valence-corrected chi connectivity index (χ4v) is 2.94. The van der Waals surface area contributed by atoms with Crippen LogP contribution in [0.1, 0.15) is 10.4 Å². The number of ether oxygens (including phenoxy) is 2. The van der Waals surface area contributed by atoms with E-state index in [2.05, 4.69) is 5.32 Å². The van der Waals surface area contributed by atoms with Gasteiger partial charge in [-0.25, -0.2) is 0 Å². The van der Waals surface area contributed by atoms with E-state index in [0.29, 0.717) is 46.6 Å². The van der Waals surface area contributed by atoms with Gasteiger partial charge in [-0.3, -0.25) is 9.59 Å². The second-order valence-corrected chi connectivity index (χ2v) is 5.90. The standard InChI is InChI=1S/C17H13ClN2O4/c18-11-2-3-13-15(8-11)23-6-5-20(13)17(22)10-1-4-14-12(7-10)19-16(21)9-24-14/h1-4,7-8H,5-6,9H2,(H,19,21). The molecular weight excluding hydrogens is 332 g/mol. The molecule has 2 aliphatic rings. The number of hydrogen-bond acceptors (Lipinski definition) is 4. The molecule has 0 unspecified atom stereocenters. The molecule has 2 aromatic carbocycles. The van der Waals surface area contributed by atoms with Crippen molar-refractivity contribution in [2.24, 2.45) is 0 Å². The van der Waals surface area contributed by atoms with Crippen molar-refractivity contribution in [2.75, 3.05) is 30.0 Å². The molecule has 1 N–H and O–H groups in total. The van der Waals surface area contributed by atoms with Crippen LogP contribution in [-0.4, -0.2) is 31.6 Å². The summed E-state index contributed by atoms with van der Waals surface area (Å²) in [5.74, 6) is 0.722. The highest BCUT2D eigenvalue weighted by Crippen LogP contribution is 2.35. The number of halogens is 1. The summed E-state index contributed by atoms with van der Waals surface area (Å²) in [5.41, 5.74) is 1.64. The second kappa shape index (κ2) is 5.72. The molecule has 0 radical (unpaired) electrons. The van der Waals surface area contributed by atoms with E-state index < -0.39 is 0 Å². The maximum absolute atomic E-state index is 12.9. The molecule has 0 bridgehead atoms. The minimum Gasteiger partial charge on any atom is -0.489 e. The average molecular weight is 345 g/mol. The SMILES string of the molecule is O=C1COc2ccc(C(=O)N3CCOc4cc(Cl)ccc43)cc2N1. The Bertz CT molecular complexity index is 852. The molecule has 2 heterocycles. The molecule has 0 spiro atoms. The Kier molecular flexibility index (Phi) is 3.54. The fourth-order valence-electron chi connectivity index (χ4n) is 2.78. The summed E-state index contributed by atoms with van der Waals surface area (Å²) < 4.78 is 10.9. The summed E-state index contributed by atoms with van der Waals surface area (Å²) >= 11 is 5.98. The monoisotopic (exact) mass is 344 g/mol. The molecule has 0 saturated heterocycles. The Labute approximate surface area is 142 Å².